The topological polar surface area (TPSA) is 85.6 Å². The molecule has 144 valence electrons. The standard InChI is InChI=1S/C21H16FN5O2/c1-2-26-20(28)18-19(27(21(26)29)17-8-4-7-16(22)10-17)24-13-25(18)12-15-6-3-5-14(9-15)11-23/h3-10,13H,2,12H2,1H3. The van der Waals surface area contributed by atoms with Crippen LogP contribution in [0.25, 0.3) is 16.9 Å². The van der Waals surface area contributed by atoms with Crippen LogP contribution in [0.5, 0.6) is 0 Å². The Bertz CT molecular complexity index is 1390. The van der Waals surface area contributed by atoms with Crippen molar-refractivity contribution in [3.05, 3.63) is 92.6 Å². The summed E-state index contributed by atoms with van der Waals surface area (Å²) in [6, 6.07) is 14.7. The second-order valence-corrected chi connectivity index (χ2v) is 6.50. The molecule has 2 heterocycles. The Morgan fingerprint density at radius 3 is 2.66 bits per heavy atom. The number of imidazole rings is 1. The van der Waals surface area contributed by atoms with Crippen molar-refractivity contribution in [3.8, 4) is 11.8 Å². The molecular weight excluding hydrogens is 373 g/mol. The van der Waals surface area contributed by atoms with Gasteiger partial charge in [-0.25, -0.2) is 18.7 Å². The molecule has 0 fully saturated rings. The SMILES string of the molecule is CCn1c(=O)c2c(ncn2Cc2cccc(C#N)c2)n(-c2cccc(F)c2)c1=O. The van der Waals surface area contributed by atoms with Crippen LogP contribution in [-0.2, 0) is 13.1 Å². The van der Waals surface area contributed by atoms with Crippen LogP contribution < -0.4 is 11.2 Å². The zero-order chi connectivity index (χ0) is 20.5. The van der Waals surface area contributed by atoms with Gasteiger partial charge < -0.3 is 4.57 Å². The summed E-state index contributed by atoms with van der Waals surface area (Å²) in [7, 11) is 0. The largest absolute Gasteiger partial charge is 0.337 e. The maximum Gasteiger partial charge on any atom is 0.337 e. The summed E-state index contributed by atoms with van der Waals surface area (Å²) in [6.45, 7) is 2.16. The minimum absolute atomic E-state index is 0.159. The molecule has 0 aliphatic heterocycles. The normalized spacial score (nSPS) is 10.9. The second-order valence-electron chi connectivity index (χ2n) is 6.50. The smallest absolute Gasteiger partial charge is 0.320 e. The van der Waals surface area contributed by atoms with E-state index in [1.54, 1.807) is 35.8 Å². The molecule has 0 aliphatic carbocycles. The first kappa shape index (κ1) is 18.4. The molecule has 0 amide bonds. The van der Waals surface area contributed by atoms with Gasteiger partial charge in [0.05, 0.1) is 23.6 Å². The number of aromatic nitrogens is 4. The fraction of sp³-hybridized carbons (Fsp3) is 0.143. The third-order valence-electron chi connectivity index (χ3n) is 4.69. The van der Waals surface area contributed by atoms with E-state index in [1.807, 2.05) is 6.07 Å². The summed E-state index contributed by atoms with van der Waals surface area (Å²) in [5.74, 6) is -0.496. The molecule has 0 N–H and O–H groups in total. The molecule has 0 bridgehead atoms. The first-order valence-corrected chi connectivity index (χ1v) is 8.99. The Hall–Kier alpha value is -3.99. The molecular formula is C21H16FN5O2. The first-order chi connectivity index (χ1) is 14.0. The molecule has 7 nitrogen and oxygen atoms in total. The summed E-state index contributed by atoms with van der Waals surface area (Å²) in [5, 5.41) is 9.10. The van der Waals surface area contributed by atoms with E-state index in [-0.39, 0.29) is 17.7 Å². The summed E-state index contributed by atoms with van der Waals surface area (Å²) in [6.07, 6.45) is 1.47. The summed E-state index contributed by atoms with van der Waals surface area (Å²) in [4.78, 5) is 30.2. The van der Waals surface area contributed by atoms with Crippen molar-refractivity contribution < 1.29 is 4.39 Å². The maximum atomic E-state index is 13.8. The monoisotopic (exact) mass is 389 g/mol. The minimum atomic E-state index is -0.577. The van der Waals surface area contributed by atoms with Gasteiger partial charge in [0.25, 0.3) is 5.56 Å². The van der Waals surface area contributed by atoms with Crippen molar-refractivity contribution in [2.24, 2.45) is 0 Å². The molecule has 0 saturated carbocycles. The lowest BCUT2D eigenvalue weighted by Gasteiger charge is -2.12. The fourth-order valence-corrected chi connectivity index (χ4v) is 3.36. The van der Waals surface area contributed by atoms with Gasteiger partial charge in [-0.2, -0.15) is 5.26 Å². The van der Waals surface area contributed by atoms with Crippen LogP contribution in [0.4, 0.5) is 4.39 Å². The van der Waals surface area contributed by atoms with Crippen LogP contribution in [0.3, 0.4) is 0 Å². The van der Waals surface area contributed by atoms with Crippen molar-refractivity contribution in [1.29, 1.82) is 5.26 Å². The number of hydrogen-bond acceptors (Lipinski definition) is 4. The molecule has 8 heteroatoms. The highest BCUT2D eigenvalue weighted by atomic mass is 19.1. The number of nitriles is 1. The van der Waals surface area contributed by atoms with E-state index in [0.717, 1.165) is 10.1 Å². The van der Waals surface area contributed by atoms with Gasteiger partial charge in [0.15, 0.2) is 11.2 Å². The summed E-state index contributed by atoms with van der Waals surface area (Å²) >= 11 is 0. The lowest BCUT2D eigenvalue weighted by atomic mass is 10.1. The second kappa shape index (κ2) is 7.20. The van der Waals surface area contributed by atoms with Crippen LogP contribution in [0, 0.1) is 17.1 Å². The van der Waals surface area contributed by atoms with Gasteiger partial charge in [-0.3, -0.25) is 9.36 Å². The predicted molar refractivity (Wildman–Crippen MR) is 105 cm³/mol. The van der Waals surface area contributed by atoms with Crippen molar-refractivity contribution in [1.82, 2.24) is 18.7 Å². The van der Waals surface area contributed by atoms with Crippen LogP contribution in [0.1, 0.15) is 18.1 Å². The van der Waals surface area contributed by atoms with E-state index in [2.05, 4.69) is 11.1 Å². The quantitative estimate of drug-likeness (QED) is 0.537. The average Bonchev–Trinajstić information content (AvgIpc) is 3.12. The third-order valence-corrected chi connectivity index (χ3v) is 4.69. The maximum absolute atomic E-state index is 13.8. The lowest BCUT2D eigenvalue weighted by molar-refractivity contribution is 0.623. The minimum Gasteiger partial charge on any atom is -0.320 e. The fourth-order valence-electron chi connectivity index (χ4n) is 3.36. The van der Waals surface area contributed by atoms with Crippen molar-refractivity contribution in [2.45, 2.75) is 20.0 Å². The van der Waals surface area contributed by atoms with Crippen LogP contribution in [0.15, 0.2) is 64.4 Å². The molecule has 4 rings (SSSR count). The van der Waals surface area contributed by atoms with Gasteiger partial charge in [-0.15, -0.1) is 0 Å². The number of nitrogens with zero attached hydrogens (tertiary/aromatic N) is 5. The first-order valence-electron chi connectivity index (χ1n) is 8.99. The van der Waals surface area contributed by atoms with E-state index >= 15 is 0 Å². The van der Waals surface area contributed by atoms with Gasteiger partial charge >= 0.3 is 5.69 Å². The molecule has 0 radical (unpaired) electrons. The van der Waals surface area contributed by atoms with Gasteiger partial charge in [-0.1, -0.05) is 18.2 Å². The van der Waals surface area contributed by atoms with Crippen molar-refractivity contribution >= 4 is 11.2 Å². The summed E-state index contributed by atoms with van der Waals surface area (Å²) in [5.41, 5.74) is 0.967. The molecule has 2 aromatic carbocycles. The molecule has 0 unspecified atom stereocenters. The predicted octanol–water partition coefficient (Wildman–Crippen LogP) is 2.43. The summed E-state index contributed by atoms with van der Waals surface area (Å²) < 4.78 is 17.7. The molecule has 29 heavy (non-hydrogen) atoms. The van der Waals surface area contributed by atoms with E-state index < -0.39 is 17.1 Å². The Morgan fingerprint density at radius 2 is 1.93 bits per heavy atom. The van der Waals surface area contributed by atoms with Gasteiger partial charge in [0, 0.05) is 13.1 Å². The molecule has 0 atom stereocenters. The highest BCUT2D eigenvalue weighted by molar-refractivity contribution is 5.72. The zero-order valence-corrected chi connectivity index (χ0v) is 15.5. The lowest BCUT2D eigenvalue weighted by Crippen LogP contribution is -2.39. The average molecular weight is 389 g/mol. The van der Waals surface area contributed by atoms with Gasteiger partial charge in [0.1, 0.15) is 5.82 Å². The Balaban J connectivity index is 1.98. The van der Waals surface area contributed by atoms with Crippen LogP contribution in [-0.4, -0.2) is 18.7 Å². The molecule has 0 spiro atoms. The highest BCUT2D eigenvalue weighted by Gasteiger charge is 2.19. The number of benzene rings is 2. The number of halogens is 1. The molecule has 0 aliphatic rings. The zero-order valence-electron chi connectivity index (χ0n) is 15.5. The molecule has 0 saturated heterocycles. The highest BCUT2D eigenvalue weighted by Crippen LogP contribution is 2.16. The number of fused-ring (bicyclic) bond motifs is 1. The van der Waals surface area contributed by atoms with Crippen LogP contribution in [0.2, 0.25) is 0 Å². The molecule has 4 aromatic rings. The number of rotatable bonds is 4. The Labute approximate surface area is 164 Å². The van der Waals surface area contributed by atoms with Crippen LogP contribution >= 0.6 is 0 Å². The Morgan fingerprint density at radius 1 is 1.14 bits per heavy atom. The molecule has 2 aromatic heterocycles. The van der Waals surface area contributed by atoms with E-state index in [1.165, 1.54) is 29.1 Å². The number of hydrogen-bond donors (Lipinski definition) is 0. The third kappa shape index (κ3) is 3.12. The van der Waals surface area contributed by atoms with E-state index in [4.69, 9.17) is 5.26 Å². The van der Waals surface area contributed by atoms with E-state index in [9.17, 15) is 14.0 Å². The Kier molecular flexibility index (Phi) is 4.56. The van der Waals surface area contributed by atoms with Crippen molar-refractivity contribution in [2.75, 3.05) is 0 Å². The van der Waals surface area contributed by atoms with E-state index in [0.29, 0.717) is 17.8 Å². The van der Waals surface area contributed by atoms with Crippen molar-refractivity contribution in [3.63, 3.8) is 0 Å². The van der Waals surface area contributed by atoms with Gasteiger partial charge in [-0.05, 0) is 42.8 Å². The van der Waals surface area contributed by atoms with Gasteiger partial charge in [0.2, 0.25) is 0 Å².